The quantitative estimate of drug-likeness (QED) is 0.598. The molecule has 1 unspecified atom stereocenters. The molecule has 0 spiro atoms. The van der Waals surface area contributed by atoms with Crippen LogP contribution in [0.3, 0.4) is 0 Å². The zero-order valence-electron chi connectivity index (χ0n) is 14.9. The number of hydrogen-bond acceptors (Lipinski definition) is 4. The number of rotatable bonds is 1. The molecule has 0 radical (unpaired) electrons. The zero-order chi connectivity index (χ0) is 18.6. The molecular formula is C16H15ClN2O3. The first kappa shape index (κ1) is 11.5. The largest absolute Gasteiger partial charge is 0.299 e. The van der Waals surface area contributed by atoms with Crippen LogP contribution in [0.15, 0.2) is 23.0 Å². The van der Waals surface area contributed by atoms with Crippen LogP contribution >= 0.6 is 11.6 Å². The lowest BCUT2D eigenvalue weighted by Crippen LogP contribution is -2.32. The van der Waals surface area contributed by atoms with Crippen molar-refractivity contribution >= 4 is 34.1 Å². The van der Waals surface area contributed by atoms with Gasteiger partial charge in [0, 0.05) is 14.1 Å². The Balaban J connectivity index is 2.24. The van der Waals surface area contributed by atoms with E-state index in [1.807, 2.05) is 0 Å². The standard InChI is InChI=1S/C16H15ClN2O3/c1-9-18-13-7-10(17)5-6-12(13)16(22)19(9)14-4-2-3-11(20)8-15(14)21/h5-7,14H,2-4,8H2,1H3/i3D2,14D. The van der Waals surface area contributed by atoms with Crippen molar-refractivity contribution in [1.82, 2.24) is 9.55 Å². The average molecular weight is 322 g/mol. The minimum Gasteiger partial charge on any atom is -0.299 e. The third-order valence-electron chi connectivity index (χ3n) is 3.60. The molecule has 3 rings (SSSR count). The summed E-state index contributed by atoms with van der Waals surface area (Å²) in [7, 11) is 0. The minimum absolute atomic E-state index is 0.137. The Morgan fingerprint density at radius 2 is 2.18 bits per heavy atom. The fraction of sp³-hybridized carbons (Fsp3) is 0.375. The van der Waals surface area contributed by atoms with Crippen LogP contribution in [0, 0.1) is 6.92 Å². The summed E-state index contributed by atoms with van der Waals surface area (Å²) in [5.74, 6) is -1.53. The van der Waals surface area contributed by atoms with Gasteiger partial charge in [-0.3, -0.25) is 19.0 Å². The number of fused-ring (bicyclic) bond motifs is 1. The van der Waals surface area contributed by atoms with Gasteiger partial charge in [0.1, 0.15) is 11.6 Å². The highest BCUT2D eigenvalue weighted by atomic mass is 35.5. The fourth-order valence-electron chi connectivity index (χ4n) is 2.59. The molecule has 1 aromatic heterocycles. The predicted octanol–water partition coefficient (Wildman–Crippen LogP) is 2.61. The number of hydrogen-bond donors (Lipinski definition) is 0. The van der Waals surface area contributed by atoms with Gasteiger partial charge in [0.25, 0.3) is 5.56 Å². The maximum Gasteiger partial charge on any atom is 0.262 e. The Labute approximate surface area is 136 Å². The molecule has 0 bridgehead atoms. The van der Waals surface area contributed by atoms with Crippen LogP contribution in [0.5, 0.6) is 0 Å². The topological polar surface area (TPSA) is 69.0 Å². The van der Waals surface area contributed by atoms with Crippen LogP contribution in [0.25, 0.3) is 10.9 Å². The number of aryl methyl sites for hydroxylation is 1. The summed E-state index contributed by atoms with van der Waals surface area (Å²) >= 11 is 5.91. The Bertz CT molecular complexity index is 973. The SMILES string of the molecule is [2H]C1([2H])CCC([2H])(n2c(C)nc3cc(Cl)ccc3c2=O)C(=O)CC1=O. The van der Waals surface area contributed by atoms with Gasteiger partial charge in [-0.1, -0.05) is 11.6 Å². The molecule has 1 fully saturated rings. The van der Waals surface area contributed by atoms with Crippen LogP contribution in [0.4, 0.5) is 0 Å². The summed E-state index contributed by atoms with van der Waals surface area (Å²) < 4.78 is 25.0. The van der Waals surface area contributed by atoms with Gasteiger partial charge in [0.05, 0.1) is 24.7 Å². The molecule has 1 aromatic carbocycles. The number of carbonyl (C=O) groups is 2. The number of benzene rings is 1. The van der Waals surface area contributed by atoms with Crippen molar-refractivity contribution in [2.75, 3.05) is 0 Å². The van der Waals surface area contributed by atoms with E-state index in [0.717, 1.165) is 4.57 Å². The summed E-state index contributed by atoms with van der Waals surface area (Å²) in [5, 5.41) is 0.606. The molecule has 114 valence electrons. The Hall–Kier alpha value is -2.01. The molecule has 0 aliphatic heterocycles. The Morgan fingerprint density at radius 3 is 2.95 bits per heavy atom. The van der Waals surface area contributed by atoms with Crippen molar-refractivity contribution in [3.8, 4) is 0 Å². The van der Waals surface area contributed by atoms with Crippen molar-refractivity contribution in [3.63, 3.8) is 0 Å². The van der Waals surface area contributed by atoms with Gasteiger partial charge in [-0.2, -0.15) is 0 Å². The number of ketones is 2. The number of carbonyl (C=O) groups excluding carboxylic acids is 2. The van der Waals surface area contributed by atoms with Gasteiger partial charge < -0.3 is 0 Å². The monoisotopic (exact) mass is 321 g/mol. The lowest BCUT2D eigenvalue weighted by Gasteiger charge is -2.19. The first-order valence-electron chi connectivity index (χ1n) is 8.32. The summed E-state index contributed by atoms with van der Waals surface area (Å²) in [6, 6.07) is 2.43. The predicted molar refractivity (Wildman–Crippen MR) is 83.3 cm³/mol. The smallest absolute Gasteiger partial charge is 0.262 e. The molecule has 2 aromatic rings. The van der Waals surface area contributed by atoms with E-state index in [4.69, 9.17) is 15.7 Å². The van der Waals surface area contributed by atoms with Crippen LogP contribution in [-0.2, 0) is 9.59 Å². The second-order valence-corrected chi connectivity index (χ2v) is 5.54. The van der Waals surface area contributed by atoms with E-state index in [1.165, 1.54) is 25.1 Å². The van der Waals surface area contributed by atoms with Gasteiger partial charge in [-0.25, -0.2) is 4.98 Å². The maximum absolute atomic E-state index is 12.9. The second-order valence-electron chi connectivity index (χ2n) is 5.11. The molecule has 0 amide bonds. The van der Waals surface area contributed by atoms with Gasteiger partial charge >= 0.3 is 0 Å². The van der Waals surface area contributed by atoms with E-state index in [2.05, 4.69) is 4.98 Å². The molecule has 6 heteroatoms. The van der Waals surface area contributed by atoms with Crippen LogP contribution in [0.2, 0.25) is 5.02 Å². The first-order valence-corrected chi connectivity index (χ1v) is 7.20. The zero-order valence-corrected chi connectivity index (χ0v) is 12.6. The van der Waals surface area contributed by atoms with Gasteiger partial charge in [-0.05, 0) is 38.0 Å². The molecule has 1 aliphatic rings. The Kier molecular flexibility index (Phi) is 2.96. The van der Waals surface area contributed by atoms with Crippen molar-refractivity contribution < 1.29 is 13.7 Å². The van der Waals surface area contributed by atoms with Crippen molar-refractivity contribution in [2.45, 2.75) is 38.6 Å². The highest BCUT2D eigenvalue weighted by Crippen LogP contribution is 2.24. The first-order chi connectivity index (χ1) is 11.6. The van der Waals surface area contributed by atoms with Crippen molar-refractivity contribution in [2.24, 2.45) is 0 Å². The van der Waals surface area contributed by atoms with E-state index in [9.17, 15) is 14.4 Å². The number of halogens is 1. The Morgan fingerprint density at radius 1 is 1.41 bits per heavy atom. The number of Topliss-reactive ketones (excluding diaryl/α,β-unsaturated/α-hetero) is 2. The second kappa shape index (κ2) is 5.65. The van der Waals surface area contributed by atoms with Crippen molar-refractivity contribution in [3.05, 3.63) is 39.4 Å². The van der Waals surface area contributed by atoms with E-state index >= 15 is 0 Å². The molecular weight excluding hydrogens is 304 g/mol. The molecule has 1 atom stereocenters. The molecule has 22 heavy (non-hydrogen) atoms. The third kappa shape index (κ3) is 2.57. The van der Waals surface area contributed by atoms with Gasteiger partial charge in [-0.15, -0.1) is 0 Å². The molecule has 0 saturated heterocycles. The van der Waals surface area contributed by atoms with E-state index in [1.54, 1.807) is 0 Å². The maximum atomic E-state index is 12.9. The normalized spacial score (nSPS) is 27.1. The molecule has 1 aliphatic carbocycles. The molecule has 1 heterocycles. The highest BCUT2D eigenvalue weighted by Gasteiger charge is 2.28. The van der Waals surface area contributed by atoms with Crippen LogP contribution in [0.1, 0.15) is 41.6 Å². The third-order valence-corrected chi connectivity index (χ3v) is 3.83. The minimum atomic E-state index is -2.19. The molecule has 1 saturated carbocycles. The lowest BCUT2D eigenvalue weighted by molar-refractivity contribution is -0.127. The van der Waals surface area contributed by atoms with Crippen LogP contribution in [-0.4, -0.2) is 21.1 Å². The molecule has 5 nitrogen and oxygen atoms in total. The van der Waals surface area contributed by atoms with Crippen molar-refractivity contribution in [1.29, 1.82) is 0 Å². The fourth-order valence-corrected chi connectivity index (χ4v) is 2.76. The van der Waals surface area contributed by atoms with E-state index in [0.29, 0.717) is 10.5 Å². The summed E-state index contributed by atoms with van der Waals surface area (Å²) in [6.45, 7) is 1.49. The number of aromatic nitrogens is 2. The summed E-state index contributed by atoms with van der Waals surface area (Å²) in [4.78, 5) is 41.6. The highest BCUT2D eigenvalue weighted by molar-refractivity contribution is 6.31. The average Bonchev–Trinajstić information content (AvgIpc) is 2.58. The van der Waals surface area contributed by atoms with Crippen LogP contribution < -0.4 is 5.56 Å². The number of nitrogens with zero attached hydrogens (tertiary/aromatic N) is 2. The summed E-state index contributed by atoms with van der Waals surface area (Å²) in [5.41, 5.74) is -0.236. The van der Waals surface area contributed by atoms with E-state index in [-0.39, 0.29) is 24.1 Å². The molecule has 0 N–H and O–H groups in total. The van der Waals surface area contributed by atoms with E-state index < -0.39 is 35.9 Å². The van der Waals surface area contributed by atoms with Gasteiger partial charge in [0.15, 0.2) is 5.78 Å². The van der Waals surface area contributed by atoms with Gasteiger partial charge in [0.2, 0.25) is 0 Å². The lowest BCUT2D eigenvalue weighted by atomic mass is 10.1. The summed E-state index contributed by atoms with van der Waals surface area (Å²) in [6.07, 6.45) is -3.51.